The van der Waals surface area contributed by atoms with Gasteiger partial charge in [0.25, 0.3) is 0 Å². The molecule has 1 heterocycles. The van der Waals surface area contributed by atoms with Crippen molar-refractivity contribution in [3.8, 4) is 0 Å². The van der Waals surface area contributed by atoms with Gasteiger partial charge >= 0.3 is 0 Å². The largest absolute Gasteiger partial charge is 0.329 e. The van der Waals surface area contributed by atoms with Gasteiger partial charge in [-0.05, 0) is 40.7 Å². The molecular weight excluding hydrogens is 297 g/mol. The van der Waals surface area contributed by atoms with E-state index in [-0.39, 0.29) is 11.9 Å². The van der Waals surface area contributed by atoms with Gasteiger partial charge in [0.2, 0.25) is 0 Å². The first-order valence-corrected chi connectivity index (χ1v) is 6.98. The van der Waals surface area contributed by atoms with Gasteiger partial charge in [0, 0.05) is 38.8 Å². The highest BCUT2D eigenvalue weighted by Gasteiger charge is 2.23. The summed E-state index contributed by atoms with van der Waals surface area (Å²) in [6, 6.07) is 5.40. The number of likely N-dealkylation sites (N-methyl/N-ethyl adjacent to an activating group) is 1. The monoisotopic (exact) mass is 315 g/mol. The topological polar surface area (TPSA) is 32.5 Å². The fourth-order valence-electron chi connectivity index (χ4n) is 2.35. The first-order chi connectivity index (χ1) is 8.61. The molecule has 0 amide bonds. The van der Waals surface area contributed by atoms with Crippen LogP contribution in [0.25, 0.3) is 0 Å². The maximum absolute atomic E-state index is 13.6. The first kappa shape index (κ1) is 13.9. The second-order valence-corrected chi connectivity index (χ2v) is 5.62. The van der Waals surface area contributed by atoms with Crippen LogP contribution in [0.2, 0.25) is 0 Å². The Morgan fingerprint density at radius 2 is 2.00 bits per heavy atom. The van der Waals surface area contributed by atoms with Crippen molar-refractivity contribution in [1.82, 2.24) is 9.80 Å². The third-order valence-corrected chi connectivity index (χ3v) is 4.17. The standard InChI is InChI=1S/C13H19BrFN3/c1-17-4-6-18(7-5-17)13(9-16)10-2-3-11(14)12(15)8-10/h2-3,8,13H,4-7,9,16H2,1H3. The van der Waals surface area contributed by atoms with E-state index in [1.807, 2.05) is 6.07 Å². The van der Waals surface area contributed by atoms with Crippen LogP contribution in [0, 0.1) is 5.82 Å². The molecule has 1 aliphatic rings. The number of hydrogen-bond acceptors (Lipinski definition) is 3. The summed E-state index contributed by atoms with van der Waals surface area (Å²) in [6.07, 6.45) is 0. The molecule has 0 saturated carbocycles. The lowest BCUT2D eigenvalue weighted by Crippen LogP contribution is -2.47. The smallest absolute Gasteiger partial charge is 0.137 e. The summed E-state index contributed by atoms with van der Waals surface area (Å²) in [5.74, 6) is -0.222. The molecule has 0 spiro atoms. The molecule has 1 aliphatic heterocycles. The number of nitrogens with zero attached hydrogens (tertiary/aromatic N) is 2. The van der Waals surface area contributed by atoms with Crippen molar-refractivity contribution in [3.63, 3.8) is 0 Å². The van der Waals surface area contributed by atoms with Crippen LogP contribution in [0.5, 0.6) is 0 Å². The van der Waals surface area contributed by atoms with E-state index in [2.05, 4.69) is 32.8 Å². The molecule has 0 aliphatic carbocycles. The van der Waals surface area contributed by atoms with Crippen molar-refractivity contribution < 1.29 is 4.39 Å². The van der Waals surface area contributed by atoms with Gasteiger partial charge in [-0.25, -0.2) is 4.39 Å². The van der Waals surface area contributed by atoms with E-state index in [1.165, 1.54) is 0 Å². The Balaban J connectivity index is 2.14. The lowest BCUT2D eigenvalue weighted by Gasteiger charge is -2.37. The number of benzene rings is 1. The van der Waals surface area contributed by atoms with Gasteiger partial charge in [0.15, 0.2) is 0 Å². The molecule has 0 aromatic heterocycles. The minimum absolute atomic E-state index is 0.112. The molecule has 18 heavy (non-hydrogen) atoms. The number of piperazine rings is 1. The molecule has 0 bridgehead atoms. The van der Waals surface area contributed by atoms with Gasteiger partial charge in [-0.15, -0.1) is 0 Å². The zero-order valence-electron chi connectivity index (χ0n) is 10.6. The van der Waals surface area contributed by atoms with E-state index in [0.29, 0.717) is 11.0 Å². The molecule has 2 rings (SSSR count). The third kappa shape index (κ3) is 3.09. The predicted molar refractivity (Wildman–Crippen MR) is 75.0 cm³/mol. The summed E-state index contributed by atoms with van der Waals surface area (Å²) in [4.78, 5) is 4.63. The minimum atomic E-state index is -0.222. The highest BCUT2D eigenvalue weighted by atomic mass is 79.9. The Morgan fingerprint density at radius 3 is 2.56 bits per heavy atom. The minimum Gasteiger partial charge on any atom is -0.329 e. The fourth-order valence-corrected chi connectivity index (χ4v) is 2.60. The second-order valence-electron chi connectivity index (χ2n) is 4.76. The van der Waals surface area contributed by atoms with Crippen LogP contribution < -0.4 is 5.73 Å². The number of hydrogen-bond donors (Lipinski definition) is 1. The molecule has 1 saturated heterocycles. The van der Waals surface area contributed by atoms with Crippen LogP contribution in [0.3, 0.4) is 0 Å². The summed E-state index contributed by atoms with van der Waals surface area (Å²) in [6.45, 7) is 4.56. The molecule has 1 aromatic rings. The summed E-state index contributed by atoms with van der Waals surface area (Å²) < 4.78 is 14.1. The Labute approximate surface area is 116 Å². The number of rotatable bonds is 3. The Kier molecular flexibility index (Phi) is 4.72. The predicted octanol–water partition coefficient (Wildman–Crippen LogP) is 1.84. The molecule has 2 N–H and O–H groups in total. The molecule has 3 nitrogen and oxygen atoms in total. The fraction of sp³-hybridized carbons (Fsp3) is 0.538. The van der Waals surface area contributed by atoms with Gasteiger partial charge in [-0.2, -0.15) is 0 Å². The van der Waals surface area contributed by atoms with Gasteiger partial charge in [0.05, 0.1) is 4.47 Å². The maximum atomic E-state index is 13.6. The summed E-state index contributed by atoms with van der Waals surface area (Å²) in [5, 5.41) is 0. The molecule has 1 aromatic carbocycles. The van der Waals surface area contributed by atoms with Crippen LogP contribution in [-0.2, 0) is 0 Å². The van der Waals surface area contributed by atoms with Crippen LogP contribution in [0.15, 0.2) is 22.7 Å². The Bertz CT molecular complexity index is 405. The zero-order valence-corrected chi connectivity index (χ0v) is 12.2. The SMILES string of the molecule is CN1CCN(C(CN)c2ccc(Br)c(F)c2)CC1. The maximum Gasteiger partial charge on any atom is 0.137 e. The Morgan fingerprint density at radius 1 is 1.33 bits per heavy atom. The summed E-state index contributed by atoms with van der Waals surface area (Å²) >= 11 is 3.18. The average Bonchev–Trinajstić information content (AvgIpc) is 2.37. The van der Waals surface area contributed by atoms with Gasteiger partial charge in [-0.1, -0.05) is 6.07 Å². The van der Waals surface area contributed by atoms with E-state index in [1.54, 1.807) is 12.1 Å². The van der Waals surface area contributed by atoms with E-state index in [4.69, 9.17) is 5.73 Å². The molecule has 100 valence electrons. The molecule has 1 atom stereocenters. The summed E-state index contributed by atoms with van der Waals surface area (Å²) in [7, 11) is 2.12. The van der Waals surface area contributed by atoms with E-state index in [0.717, 1.165) is 31.7 Å². The average molecular weight is 316 g/mol. The molecular formula is C13H19BrFN3. The van der Waals surface area contributed by atoms with E-state index in [9.17, 15) is 4.39 Å². The van der Waals surface area contributed by atoms with Gasteiger partial charge in [0.1, 0.15) is 5.82 Å². The van der Waals surface area contributed by atoms with E-state index < -0.39 is 0 Å². The van der Waals surface area contributed by atoms with Crippen LogP contribution in [0.4, 0.5) is 4.39 Å². The molecule has 0 radical (unpaired) electrons. The molecule has 1 unspecified atom stereocenters. The van der Waals surface area contributed by atoms with Crippen LogP contribution in [0.1, 0.15) is 11.6 Å². The lowest BCUT2D eigenvalue weighted by atomic mass is 10.0. The molecule has 5 heteroatoms. The molecule has 1 fully saturated rings. The van der Waals surface area contributed by atoms with Gasteiger partial charge in [-0.3, -0.25) is 4.90 Å². The summed E-state index contributed by atoms with van der Waals surface area (Å²) in [5.41, 5.74) is 6.83. The third-order valence-electron chi connectivity index (χ3n) is 3.53. The van der Waals surface area contributed by atoms with Crippen molar-refractivity contribution in [3.05, 3.63) is 34.1 Å². The van der Waals surface area contributed by atoms with Crippen molar-refractivity contribution in [2.24, 2.45) is 5.73 Å². The van der Waals surface area contributed by atoms with Crippen molar-refractivity contribution in [1.29, 1.82) is 0 Å². The second kappa shape index (κ2) is 6.10. The zero-order chi connectivity index (χ0) is 13.1. The van der Waals surface area contributed by atoms with Crippen LogP contribution >= 0.6 is 15.9 Å². The van der Waals surface area contributed by atoms with Crippen molar-refractivity contribution >= 4 is 15.9 Å². The number of nitrogens with two attached hydrogens (primary N) is 1. The number of halogens is 2. The highest BCUT2D eigenvalue weighted by molar-refractivity contribution is 9.10. The van der Waals surface area contributed by atoms with Crippen LogP contribution in [-0.4, -0.2) is 49.6 Å². The first-order valence-electron chi connectivity index (χ1n) is 6.19. The highest BCUT2D eigenvalue weighted by Crippen LogP contribution is 2.25. The van der Waals surface area contributed by atoms with E-state index >= 15 is 0 Å². The Hall–Kier alpha value is -0.490. The van der Waals surface area contributed by atoms with Crippen molar-refractivity contribution in [2.75, 3.05) is 39.8 Å². The quantitative estimate of drug-likeness (QED) is 0.923. The van der Waals surface area contributed by atoms with Crippen molar-refractivity contribution in [2.45, 2.75) is 6.04 Å². The lowest BCUT2D eigenvalue weighted by molar-refractivity contribution is 0.114. The normalized spacial score (nSPS) is 20.0. The van der Waals surface area contributed by atoms with Gasteiger partial charge < -0.3 is 10.6 Å².